The number of nitrogens with zero attached hydrogens (tertiary/aromatic N) is 1. The van der Waals surface area contributed by atoms with E-state index in [2.05, 4.69) is 0 Å². The molecule has 1 aliphatic rings. The molecule has 1 unspecified atom stereocenters. The lowest BCUT2D eigenvalue weighted by Gasteiger charge is -2.23. The van der Waals surface area contributed by atoms with Crippen LogP contribution in [0.3, 0.4) is 0 Å². The second-order valence-corrected chi connectivity index (χ2v) is 4.33. The highest BCUT2D eigenvalue weighted by atomic mass is 19.4. The van der Waals surface area contributed by atoms with Crippen LogP contribution in [0.15, 0.2) is 18.2 Å². The molecule has 1 fully saturated rings. The van der Waals surface area contributed by atoms with E-state index >= 15 is 0 Å². The first-order valence-electron chi connectivity index (χ1n) is 5.46. The molecular formula is C12H12F3NO2. The Balaban J connectivity index is 2.53. The highest BCUT2D eigenvalue weighted by Crippen LogP contribution is 2.39. The molecule has 0 aromatic heterocycles. The Hall–Kier alpha value is -1.56. The molecule has 0 bridgehead atoms. The summed E-state index contributed by atoms with van der Waals surface area (Å²) in [6.45, 7) is 1.43. The molecule has 0 aliphatic carbocycles. The maximum atomic E-state index is 12.9. The van der Waals surface area contributed by atoms with Crippen LogP contribution in [0.5, 0.6) is 0 Å². The van der Waals surface area contributed by atoms with Crippen molar-refractivity contribution in [3.8, 4) is 0 Å². The summed E-state index contributed by atoms with van der Waals surface area (Å²) >= 11 is 0. The summed E-state index contributed by atoms with van der Waals surface area (Å²) in [6.07, 6.45) is -5.56. The van der Waals surface area contributed by atoms with Crippen LogP contribution in [0.2, 0.25) is 0 Å². The minimum Gasteiger partial charge on any atom is -0.391 e. The minimum atomic E-state index is -4.52. The van der Waals surface area contributed by atoms with E-state index < -0.39 is 23.8 Å². The molecule has 6 heteroatoms. The molecule has 1 atom stereocenters. The summed E-state index contributed by atoms with van der Waals surface area (Å²) in [5.74, 6) is -0.484. The van der Waals surface area contributed by atoms with Gasteiger partial charge in [0, 0.05) is 0 Å². The average molecular weight is 259 g/mol. The third kappa shape index (κ3) is 2.20. The summed E-state index contributed by atoms with van der Waals surface area (Å²) < 4.78 is 38.7. The molecule has 0 saturated carbocycles. The smallest absolute Gasteiger partial charge is 0.391 e. The Bertz CT molecular complexity index is 485. The number of hydrogen-bond donors (Lipinski definition) is 1. The number of aliphatic hydroxyl groups excluding tert-OH is 1. The zero-order chi connectivity index (χ0) is 13.5. The Morgan fingerprint density at radius 3 is 2.56 bits per heavy atom. The molecule has 3 nitrogen and oxygen atoms in total. The second kappa shape index (κ2) is 4.28. The van der Waals surface area contributed by atoms with Crippen molar-refractivity contribution in [2.45, 2.75) is 25.6 Å². The van der Waals surface area contributed by atoms with Crippen molar-refractivity contribution in [2.75, 3.05) is 11.4 Å². The van der Waals surface area contributed by atoms with Gasteiger partial charge >= 0.3 is 6.18 Å². The van der Waals surface area contributed by atoms with E-state index in [0.717, 1.165) is 11.0 Å². The number of carbonyl (C=O) groups is 1. The number of aliphatic hydroxyl groups is 1. The molecule has 1 aliphatic heterocycles. The van der Waals surface area contributed by atoms with E-state index in [1.807, 2.05) is 0 Å². The van der Waals surface area contributed by atoms with Crippen molar-refractivity contribution in [1.82, 2.24) is 0 Å². The van der Waals surface area contributed by atoms with Gasteiger partial charge in [-0.25, -0.2) is 0 Å². The van der Waals surface area contributed by atoms with Crippen molar-refractivity contribution in [3.05, 3.63) is 29.3 Å². The van der Waals surface area contributed by atoms with Crippen molar-refractivity contribution in [3.63, 3.8) is 0 Å². The first-order valence-corrected chi connectivity index (χ1v) is 5.46. The first kappa shape index (κ1) is 12.9. The fourth-order valence-electron chi connectivity index (χ4n) is 2.15. The van der Waals surface area contributed by atoms with Crippen molar-refractivity contribution in [2.24, 2.45) is 0 Å². The van der Waals surface area contributed by atoms with Crippen LogP contribution >= 0.6 is 0 Å². The van der Waals surface area contributed by atoms with Gasteiger partial charge in [-0.15, -0.1) is 0 Å². The Labute approximate surface area is 102 Å². The number of rotatable bonds is 1. The number of aryl methyl sites for hydroxylation is 1. The Kier molecular flexibility index (Phi) is 3.06. The maximum Gasteiger partial charge on any atom is 0.418 e. The topological polar surface area (TPSA) is 40.5 Å². The minimum absolute atomic E-state index is 0.0905. The lowest BCUT2D eigenvalue weighted by atomic mass is 10.1. The highest BCUT2D eigenvalue weighted by molar-refractivity contribution is 5.97. The van der Waals surface area contributed by atoms with Crippen LogP contribution < -0.4 is 4.90 Å². The molecule has 1 amide bonds. The predicted octanol–water partition coefficient (Wildman–Crippen LogP) is 2.11. The zero-order valence-electron chi connectivity index (χ0n) is 9.66. The van der Waals surface area contributed by atoms with Gasteiger partial charge in [-0.05, 0) is 18.6 Å². The maximum absolute atomic E-state index is 12.9. The van der Waals surface area contributed by atoms with E-state index in [9.17, 15) is 23.1 Å². The molecule has 2 rings (SSSR count). The highest BCUT2D eigenvalue weighted by Gasteiger charge is 2.39. The molecule has 0 radical (unpaired) electrons. The summed E-state index contributed by atoms with van der Waals surface area (Å²) in [7, 11) is 0. The van der Waals surface area contributed by atoms with E-state index in [0.29, 0.717) is 5.56 Å². The monoisotopic (exact) mass is 259 g/mol. The van der Waals surface area contributed by atoms with Crippen LogP contribution in [0.4, 0.5) is 18.9 Å². The van der Waals surface area contributed by atoms with Crippen molar-refractivity contribution in [1.29, 1.82) is 0 Å². The molecule has 1 heterocycles. The van der Waals surface area contributed by atoms with Crippen molar-refractivity contribution >= 4 is 11.6 Å². The predicted molar refractivity (Wildman–Crippen MR) is 59.2 cm³/mol. The van der Waals surface area contributed by atoms with Crippen LogP contribution in [-0.2, 0) is 11.0 Å². The van der Waals surface area contributed by atoms with Crippen LogP contribution in [0, 0.1) is 6.92 Å². The van der Waals surface area contributed by atoms with Gasteiger partial charge < -0.3 is 10.0 Å². The number of benzene rings is 1. The van der Waals surface area contributed by atoms with Gasteiger partial charge in [-0.3, -0.25) is 4.79 Å². The fraction of sp³-hybridized carbons (Fsp3) is 0.417. The molecular weight excluding hydrogens is 247 g/mol. The summed E-state index contributed by atoms with van der Waals surface area (Å²) in [5.41, 5.74) is -0.622. The molecule has 18 heavy (non-hydrogen) atoms. The van der Waals surface area contributed by atoms with Crippen LogP contribution in [0.1, 0.15) is 17.5 Å². The average Bonchev–Trinajstić information content (AvgIpc) is 2.56. The van der Waals surface area contributed by atoms with E-state index in [4.69, 9.17) is 0 Å². The number of para-hydroxylation sites is 1. The van der Waals surface area contributed by atoms with Crippen LogP contribution in [0.25, 0.3) is 0 Å². The molecule has 1 aromatic carbocycles. The number of anilines is 1. The molecule has 1 saturated heterocycles. The third-order valence-corrected chi connectivity index (χ3v) is 2.92. The number of alkyl halides is 3. The van der Waals surface area contributed by atoms with Crippen molar-refractivity contribution < 1.29 is 23.1 Å². The van der Waals surface area contributed by atoms with Crippen LogP contribution in [-0.4, -0.2) is 23.7 Å². The molecule has 1 aromatic rings. The summed E-state index contributed by atoms with van der Waals surface area (Å²) in [5, 5.41) is 9.37. The third-order valence-electron chi connectivity index (χ3n) is 2.92. The van der Waals surface area contributed by atoms with Gasteiger partial charge in [0.15, 0.2) is 0 Å². The number of hydrogen-bond acceptors (Lipinski definition) is 2. The van der Waals surface area contributed by atoms with Gasteiger partial charge in [-0.1, -0.05) is 12.1 Å². The quantitative estimate of drug-likeness (QED) is 0.839. The van der Waals surface area contributed by atoms with Gasteiger partial charge in [0.2, 0.25) is 5.91 Å². The normalized spacial score (nSPS) is 20.6. The second-order valence-electron chi connectivity index (χ2n) is 4.33. The zero-order valence-corrected chi connectivity index (χ0v) is 9.66. The van der Waals surface area contributed by atoms with E-state index in [1.54, 1.807) is 0 Å². The van der Waals surface area contributed by atoms with E-state index in [-0.39, 0.29) is 18.7 Å². The number of β-amino-alcohol motifs (C(OH)–C–C–N with tert-alkyl or cyclic N) is 1. The number of carbonyl (C=O) groups excluding carboxylic acids is 1. The molecule has 1 N–H and O–H groups in total. The number of amides is 1. The number of halogens is 3. The van der Waals surface area contributed by atoms with E-state index in [1.165, 1.54) is 19.1 Å². The lowest BCUT2D eigenvalue weighted by Crippen LogP contribution is -2.28. The van der Waals surface area contributed by atoms with Gasteiger partial charge in [0.25, 0.3) is 0 Å². The standard InChI is InChI=1S/C12H12F3NO2/c1-7-3-2-4-9(12(13,14)15)11(7)16-6-8(17)5-10(16)18/h2-4,8,17H,5-6H2,1H3. The lowest BCUT2D eigenvalue weighted by molar-refractivity contribution is -0.137. The summed E-state index contributed by atoms with van der Waals surface area (Å²) in [6, 6.07) is 3.77. The van der Waals surface area contributed by atoms with Gasteiger partial charge in [-0.2, -0.15) is 13.2 Å². The molecule has 0 spiro atoms. The fourth-order valence-corrected chi connectivity index (χ4v) is 2.15. The Morgan fingerprint density at radius 2 is 2.06 bits per heavy atom. The first-order chi connectivity index (χ1) is 8.30. The Morgan fingerprint density at radius 1 is 1.39 bits per heavy atom. The molecule has 98 valence electrons. The van der Waals surface area contributed by atoms with Gasteiger partial charge in [0.1, 0.15) is 0 Å². The SMILES string of the molecule is Cc1cccc(C(F)(F)F)c1N1CC(O)CC1=O. The summed E-state index contributed by atoms with van der Waals surface area (Å²) in [4.78, 5) is 12.6. The van der Waals surface area contributed by atoms with Gasteiger partial charge in [0.05, 0.1) is 30.3 Å². The largest absolute Gasteiger partial charge is 0.418 e.